The van der Waals surface area contributed by atoms with Crippen LogP contribution in [0.3, 0.4) is 0 Å². The van der Waals surface area contributed by atoms with Crippen molar-refractivity contribution < 1.29 is 9.53 Å². The molecular formula is C15H21NO2S. The first-order valence-electron chi connectivity index (χ1n) is 6.54. The van der Waals surface area contributed by atoms with Crippen LogP contribution < -0.4 is 0 Å². The van der Waals surface area contributed by atoms with Gasteiger partial charge in [-0.1, -0.05) is 12.1 Å². The number of morpholine rings is 1. The molecule has 0 aliphatic carbocycles. The molecule has 19 heavy (non-hydrogen) atoms. The third-order valence-corrected chi connectivity index (χ3v) is 4.03. The summed E-state index contributed by atoms with van der Waals surface area (Å²) in [4.78, 5) is 15.6. The van der Waals surface area contributed by atoms with Crippen molar-refractivity contribution in [2.24, 2.45) is 0 Å². The molecule has 0 saturated carbocycles. The molecule has 3 nitrogen and oxygen atoms in total. The first-order chi connectivity index (χ1) is 9.00. The molecule has 0 radical (unpaired) electrons. The van der Waals surface area contributed by atoms with Crippen LogP contribution in [0.25, 0.3) is 0 Å². The monoisotopic (exact) mass is 279 g/mol. The minimum atomic E-state index is -0.152. The van der Waals surface area contributed by atoms with E-state index in [0.29, 0.717) is 13.2 Å². The summed E-state index contributed by atoms with van der Waals surface area (Å²) in [6.07, 6.45) is 2.03. The number of benzene rings is 1. The van der Waals surface area contributed by atoms with Gasteiger partial charge in [0.2, 0.25) is 0 Å². The maximum absolute atomic E-state index is 12.2. The lowest BCUT2D eigenvalue weighted by Crippen LogP contribution is -2.49. The molecule has 0 aromatic heterocycles. The minimum absolute atomic E-state index is 0.152. The quantitative estimate of drug-likeness (QED) is 0.626. The van der Waals surface area contributed by atoms with Crippen molar-refractivity contribution in [1.29, 1.82) is 0 Å². The highest BCUT2D eigenvalue weighted by Crippen LogP contribution is 2.18. The number of nitrogens with zero attached hydrogens (tertiary/aromatic N) is 1. The first-order valence-corrected chi connectivity index (χ1v) is 7.76. The summed E-state index contributed by atoms with van der Waals surface area (Å²) in [7, 11) is 0. The molecule has 1 saturated heterocycles. The van der Waals surface area contributed by atoms with Gasteiger partial charge in [-0.3, -0.25) is 9.69 Å². The fourth-order valence-electron chi connectivity index (χ4n) is 2.32. The second-order valence-corrected chi connectivity index (χ2v) is 6.35. The van der Waals surface area contributed by atoms with Crippen LogP contribution in [0.5, 0.6) is 0 Å². The standard InChI is InChI=1S/C15H21NO2S/c1-15(2)11-16(8-9-18-15)10-14(17)12-4-6-13(19-3)7-5-12/h4-7H,8-11H2,1-3H3. The molecular weight excluding hydrogens is 258 g/mol. The van der Waals surface area contributed by atoms with E-state index in [-0.39, 0.29) is 11.4 Å². The summed E-state index contributed by atoms with van der Waals surface area (Å²) >= 11 is 1.69. The van der Waals surface area contributed by atoms with Crippen molar-refractivity contribution >= 4 is 17.5 Å². The van der Waals surface area contributed by atoms with Gasteiger partial charge < -0.3 is 4.74 Å². The molecule has 2 rings (SSSR count). The lowest BCUT2D eigenvalue weighted by atomic mass is 10.1. The molecule has 1 aliphatic rings. The van der Waals surface area contributed by atoms with E-state index in [1.807, 2.05) is 30.5 Å². The fraction of sp³-hybridized carbons (Fsp3) is 0.533. The number of thioether (sulfide) groups is 1. The van der Waals surface area contributed by atoms with Gasteiger partial charge in [-0.05, 0) is 32.2 Å². The van der Waals surface area contributed by atoms with Crippen LogP contribution >= 0.6 is 11.8 Å². The lowest BCUT2D eigenvalue weighted by Gasteiger charge is -2.37. The lowest BCUT2D eigenvalue weighted by molar-refractivity contribution is -0.0833. The van der Waals surface area contributed by atoms with E-state index in [9.17, 15) is 4.79 Å². The van der Waals surface area contributed by atoms with Crippen LogP contribution in [0.2, 0.25) is 0 Å². The Labute approximate surface area is 119 Å². The maximum atomic E-state index is 12.2. The summed E-state index contributed by atoms with van der Waals surface area (Å²) in [5.41, 5.74) is 0.642. The molecule has 1 aliphatic heterocycles. The summed E-state index contributed by atoms with van der Waals surface area (Å²) in [5.74, 6) is 0.186. The average Bonchev–Trinajstić information content (AvgIpc) is 2.37. The van der Waals surface area contributed by atoms with Crippen molar-refractivity contribution in [3.63, 3.8) is 0 Å². The van der Waals surface area contributed by atoms with Crippen molar-refractivity contribution in [1.82, 2.24) is 4.90 Å². The van der Waals surface area contributed by atoms with Crippen LogP contribution in [-0.4, -0.2) is 48.8 Å². The van der Waals surface area contributed by atoms with Crippen LogP contribution in [-0.2, 0) is 4.74 Å². The van der Waals surface area contributed by atoms with Gasteiger partial charge in [0.15, 0.2) is 5.78 Å². The molecule has 0 spiro atoms. The molecule has 0 atom stereocenters. The van der Waals surface area contributed by atoms with Gasteiger partial charge in [-0.15, -0.1) is 11.8 Å². The number of carbonyl (C=O) groups is 1. The molecule has 1 aromatic carbocycles. The Balaban J connectivity index is 1.96. The number of Topliss-reactive ketones (excluding diaryl/α,β-unsaturated/α-hetero) is 1. The second kappa shape index (κ2) is 6.07. The summed E-state index contributed by atoms with van der Waals surface area (Å²) in [6.45, 7) is 6.95. The highest BCUT2D eigenvalue weighted by molar-refractivity contribution is 7.98. The number of hydrogen-bond acceptors (Lipinski definition) is 4. The highest BCUT2D eigenvalue weighted by atomic mass is 32.2. The van der Waals surface area contributed by atoms with Crippen LogP contribution in [0.4, 0.5) is 0 Å². The zero-order chi connectivity index (χ0) is 13.9. The third kappa shape index (κ3) is 4.06. The van der Waals surface area contributed by atoms with Gasteiger partial charge >= 0.3 is 0 Å². The van der Waals surface area contributed by atoms with E-state index in [1.54, 1.807) is 11.8 Å². The van der Waals surface area contributed by atoms with Crippen LogP contribution in [0.1, 0.15) is 24.2 Å². The Bertz CT molecular complexity index is 442. The molecule has 0 bridgehead atoms. The zero-order valence-electron chi connectivity index (χ0n) is 11.8. The van der Waals surface area contributed by atoms with Gasteiger partial charge in [0.25, 0.3) is 0 Å². The first kappa shape index (κ1) is 14.6. The second-order valence-electron chi connectivity index (χ2n) is 5.47. The largest absolute Gasteiger partial charge is 0.373 e. The van der Waals surface area contributed by atoms with Gasteiger partial charge in [0.05, 0.1) is 18.8 Å². The fourth-order valence-corrected chi connectivity index (χ4v) is 2.73. The van der Waals surface area contributed by atoms with E-state index in [1.165, 1.54) is 4.90 Å². The Morgan fingerprint density at radius 1 is 1.37 bits per heavy atom. The summed E-state index contributed by atoms with van der Waals surface area (Å²) < 4.78 is 5.66. The normalized spacial score (nSPS) is 19.3. The number of rotatable bonds is 4. The SMILES string of the molecule is CSc1ccc(C(=O)CN2CCOC(C)(C)C2)cc1. The molecule has 1 fully saturated rings. The Hall–Kier alpha value is -0.840. The van der Waals surface area contributed by atoms with E-state index in [4.69, 9.17) is 4.74 Å². The van der Waals surface area contributed by atoms with Gasteiger partial charge in [0.1, 0.15) is 0 Å². The van der Waals surface area contributed by atoms with Gasteiger partial charge in [0, 0.05) is 23.5 Å². The van der Waals surface area contributed by atoms with E-state index < -0.39 is 0 Å². The molecule has 104 valence electrons. The van der Waals surface area contributed by atoms with E-state index in [0.717, 1.165) is 18.7 Å². The van der Waals surface area contributed by atoms with Crippen LogP contribution in [0.15, 0.2) is 29.2 Å². The van der Waals surface area contributed by atoms with Crippen molar-refractivity contribution in [3.8, 4) is 0 Å². The molecule has 4 heteroatoms. The summed E-state index contributed by atoms with van der Waals surface area (Å²) in [5, 5.41) is 0. The maximum Gasteiger partial charge on any atom is 0.176 e. The number of hydrogen-bond donors (Lipinski definition) is 0. The van der Waals surface area contributed by atoms with Crippen LogP contribution in [0, 0.1) is 0 Å². The van der Waals surface area contributed by atoms with Crippen molar-refractivity contribution in [2.45, 2.75) is 24.3 Å². The summed E-state index contributed by atoms with van der Waals surface area (Å²) in [6, 6.07) is 7.84. The Kier molecular flexibility index (Phi) is 4.66. The van der Waals surface area contributed by atoms with Gasteiger partial charge in [-0.2, -0.15) is 0 Å². The number of ketones is 1. The predicted molar refractivity (Wildman–Crippen MR) is 79.0 cm³/mol. The number of ether oxygens (including phenoxy) is 1. The average molecular weight is 279 g/mol. The molecule has 0 amide bonds. The molecule has 1 aromatic rings. The molecule has 1 heterocycles. The highest BCUT2D eigenvalue weighted by Gasteiger charge is 2.28. The Morgan fingerprint density at radius 3 is 2.63 bits per heavy atom. The number of carbonyl (C=O) groups excluding carboxylic acids is 1. The molecule has 0 N–H and O–H groups in total. The van der Waals surface area contributed by atoms with Gasteiger partial charge in [-0.25, -0.2) is 0 Å². The smallest absolute Gasteiger partial charge is 0.176 e. The van der Waals surface area contributed by atoms with Crippen molar-refractivity contribution in [3.05, 3.63) is 29.8 Å². The topological polar surface area (TPSA) is 29.5 Å². The Morgan fingerprint density at radius 2 is 2.05 bits per heavy atom. The van der Waals surface area contributed by atoms with E-state index in [2.05, 4.69) is 18.7 Å². The van der Waals surface area contributed by atoms with Crippen molar-refractivity contribution in [2.75, 3.05) is 32.5 Å². The minimum Gasteiger partial charge on any atom is -0.373 e. The third-order valence-electron chi connectivity index (χ3n) is 3.28. The molecule has 0 unspecified atom stereocenters. The van der Waals surface area contributed by atoms with E-state index >= 15 is 0 Å². The predicted octanol–water partition coefficient (Wildman–Crippen LogP) is 2.70. The zero-order valence-corrected chi connectivity index (χ0v) is 12.6.